The number of hydrogen-bond acceptors (Lipinski definition) is 3. The minimum atomic E-state index is -1.13. The molecule has 0 radical (unpaired) electrons. The van der Waals surface area contributed by atoms with Crippen LogP contribution in [-0.4, -0.2) is 46.7 Å². The third-order valence-corrected chi connectivity index (χ3v) is 1.92. The largest absolute Gasteiger partial charge is 0.481 e. The Labute approximate surface area is 83.3 Å². The molecule has 0 aromatic rings. The third kappa shape index (κ3) is 3.74. The van der Waals surface area contributed by atoms with Gasteiger partial charge in [-0.3, -0.25) is 9.59 Å². The zero-order valence-electron chi connectivity index (χ0n) is 8.56. The predicted octanol–water partition coefficient (Wildman–Crippen LogP) is -0.0620. The van der Waals surface area contributed by atoms with Gasteiger partial charge in [-0.2, -0.15) is 0 Å². The maximum atomic E-state index is 11.5. The summed E-state index contributed by atoms with van der Waals surface area (Å²) >= 11 is 0. The van der Waals surface area contributed by atoms with E-state index in [-0.39, 0.29) is 13.2 Å². The molecule has 0 heterocycles. The van der Waals surface area contributed by atoms with E-state index in [4.69, 9.17) is 10.2 Å². The number of amides is 1. The van der Waals surface area contributed by atoms with Gasteiger partial charge >= 0.3 is 5.97 Å². The van der Waals surface area contributed by atoms with E-state index in [2.05, 4.69) is 0 Å². The molecule has 2 N–H and O–H groups in total. The number of carbonyl (C=O) groups is 2. The molecule has 1 atom stereocenters. The second-order valence-corrected chi connectivity index (χ2v) is 3.11. The lowest BCUT2D eigenvalue weighted by Gasteiger charge is -2.22. The SMILES string of the molecule is CCCN(CCO)C(=O)C(C)C(=O)O. The molecule has 1 unspecified atom stereocenters. The molecule has 0 aliphatic rings. The van der Waals surface area contributed by atoms with Crippen molar-refractivity contribution < 1.29 is 19.8 Å². The molecule has 82 valence electrons. The Bertz CT molecular complexity index is 199. The molecule has 1 amide bonds. The Hall–Kier alpha value is -1.10. The average Bonchev–Trinajstić information content (AvgIpc) is 2.15. The summed E-state index contributed by atoms with van der Waals surface area (Å²) in [7, 11) is 0. The standard InChI is InChI=1S/C9H17NO4/c1-3-4-10(5-6-11)8(12)7(2)9(13)14/h7,11H,3-6H2,1-2H3,(H,13,14). The molecular formula is C9H17NO4. The molecule has 0 aliphatic heterocycles. The van der Waals surface area contributed by atoms with E-state index in [1.807, 2.05) is 6.92 Å². The van der Waals surface area contributed by atoms with Crippen molar-refractivity contribution in [2.24, 2.45) is 5.92 Å². The van der Waals surface area contributed by atoms with E-state index >= 15 is 0 Å². The highest BCUT2D eigenvalue weighted by atomic mass is 16.4. The van der Waals surface area contributed by atoms with E-state index in [1.54, 1.807) is 0 Å². The number of aliphatic hydroxyl groups is 1. The van der Waals surface area contributed by atoms with E-state index in [1.165, 1.54) is 11.8 Å². The summed E-state index contributed by atoms with van der Waals surface area (Å²) in [5.74, 6) is -2.60. The Kier molecular flexibility index (Phi) is 5.87. The Balaban J connectivity index is 4.33. The molecule has 0 bridgehead atoms. The highest BCUT2D eigenvalue weighted by Crippen LogP contribution is 2.03. The second-order valence-electron chi connectivity index (χ2n) is 3.11. The lowest BCUT2D eigenvalue weighted by Crippen LogP contribution is -2.40. The van der Waals surface area contributed by atoms with Crippen LogP contribution >= 0.6 is 0 Å². The topological polar surface area (TPSA) is 77.8 Å². The molecule has 14 heavy (non-hydrogen) atoms. The number of aliphatic carboxylic acids is 1. The molecule has 0 rings (SSSR count). The van der Waals surface area contributed by atoms with Crippen LogP contribution in [0.1, 0.15) is 20.3 Å². The highest BCUT2D eigenvalue weighted by molar-refractivity contribution is 5.96. The summed E-state index contributed by atoms with van der Waals surface area (Å²) in [5, 5.41) is 17.3. The van der Waals surface area contributed by atoms with Crippen molar-refractivity contribution in [3.63, 3.8) is 0 Å². The molecule has 0 spiro atoms. The van der Waals surface area contributed by atoms with Crippen LogP contribution in [0.3, 0.4) is 0 Å². The maximum absolute atomic E-state index is 11.5. The molecule has 0 saturated heterocycles. The van der Waals surface area contributed by atoms with Crippen molar-refractivity contribution in [1.29, 1.82) is 0 Å². The number of hydrogen-bond donors (Lipinski definition) is 2. The van der Waals surface area contributed by atoms with Gasteiger partial charge in [-0.05, 0) is 13.3 Å². The zero-order chi connectivity index (χ0) is 11.1. The van der Waals surface area contributed by atoms with Crippen LogP contribution in [0.25, 0.3) is 0 Å². The summed E-state index contributed by atoms with van der Waals surface area (Å²) in [6, 6.07) is 0. The van der Waals surface area contributed by atoms with Gasteiger partial charge in [0.2, 0.25) is 5.91 Å². The van der Waals surface area contributed by atoms with Crippen LogP contribution in [0.5, 0.6) is 0 Å². The average molecular weight is 203 g/mol. The Morgan fingerprint density at radius 2 is 1.93 bits per heavy atom. The van der Waals surface area contributed by atoms with E-state index in [9.17, 15) is 9.59 Å². The number of carboxylic acids is 1. The molecule has 0 aromatic heterocycles. The predicted molar refractivity (Wildman–Crippen MR) is 50.8 cm³/mol. The second kappa shape index (κ2) is 6.37. The van der Waals surface area contributed by atoms with Crippen molar-refractivity contribution in [3.05, 3.63) is 0 Å². The fraction of sp³-hybridized carbons (Fsp3) is 0.778. The fourth-order valence-corrected chi connectivity index (χ4v) is 1.10. The van der Waals surface area contributed by atoms with E-state index in [0.717, 1.165) is 6.42 Å². The van der Waals surface area contributed by atoms with Gasteiger partial charge in [0.15, 0.2) is 0 Å². The van der Waals surface area contributed by atoms with E-state index < -0.39 is 17.8 Å². The molecular weight excluding hydrogens is 186 g/mol. The van der Waals surface area contributed by atoms with Crippen LogP contribution in [0.4, 0.5) is 0 Å². The first-order valence-electron chi connectivity index (χ1n) is 4.67. The minimum Gasteiger partial charge on any atom is -0.481 e. The Morgan fingerprint density at radius 3 is 2.29 bits per heavy atom. The van der Waals surface area contributed by atoms with Gasteiger partial charge in [-0.1, -0.05) is 6.92 Å². The first kappa shape index (κ1) is 12.9. The van der Waals surface area contributed by atoms with Gasteiger partial charge in [-0.15, -0.1) is 0 Å². The molecule has 5 nitrogen and oxygen atoms in total. The number of carboxylic acid groups (broad SMARTS) is 1. The van der Waals surface area contributed by atoms with Gasteiger partial charge in [-0.25, -0.2) is 0 Å². The van der Waals surface area contributed by atoms with E-state index in [0.29, 0.717) is 6.54 Å². The van der Waals surface area contributed by atoms with Crippen molar-refractivity contribution in [3.8, 4) is 0 Å². The van der Waals surface area contributed by atoms with Gasteiger partial charge in [0.25, 0.3) is 0 Å². The van der Waals surface area contributed by atoms with Crippen molar-refractivity contribution in [2.45, 2.75) is 20.3 Å². The lowest BCUT2D eigenvalue weighted by molar-refractivity contribution is -0.150. The van der Waals surface area contributed by atoms with Crippen LogP contribution in [-0.2, 0) is 9.59 Å². The smallest absolute Gasteiger partial charge is 0.315 e. The number of aliphatic hydroxyl groups excluding tert-OH is 1. The number of carbonyl (C=O) groups excluding carboxylic acids is 1. The Morgan fingerprint density at radius 1 is 1.36 bits per heavy atom. The molecule has 0 saturated carbocycles. The first-order valence-corrected chi connectivity index (χ1v) is 4.67. The van der Waals surface area contributed by atoms with Crippen LogP contribution in [0.15, 0.2) is 0 Å². The monoisotopic (exact) mass is 203 g/mol. The lowest BCUT2D eigenvalue weighted by atomic mass is 10.1. The van der Waals surface area contributed by atoms with Crippen molar-refractivity contribution in [1.82, 2.24) is 4.90 Å². The van der Waals surface area contributed by atoms with Crippen molar-refractivity contribution >= 4 is 11.9 Å². The van der Waals surface area contributed by atoms with Gasteiger partial charge in [0, 0.05) is 13.1 Å². The zero-order valence-corrected chi connectivity index (χ0v) is 8.56. The van der Waals surface area contributed by atoms with Crippen molar-refractivity contribution in [2.75, 3.05) is 19.7 Å². The first-order chi connectivity index (χ1) is 6.54. The molecule has 0 fully saturated rings. The van der Waals surface area contributed by atoms with Gasteiger partial charge in [0.05, 0.1) is 6.61 Å². The van der Waals surface area contributed by atoms with Gasteiger partial charge < -0.3 is 15.1 Å². The molecule has 0 aliphatic carbocycles. The maximum Gasteiger partial charge on any atom is 0.315 e. The fourth-order valence-electron chi connectivity index (χ4n) is 1.10. The summed E-state index contributed by atoms with van der Waals surface area (Å²) in [6.07, 6.45) is 0.748. The summed E-state index contributed by atoms with van der Waals surface area (Å²) in [4.78, 5) is 23.4. The van der Waals surface area contributed by atoms with Gasteiger partial charge in [0.1, 0.15) is 5.92 Å². The molecule has 0 aromatic carbocycles. The quantitative estimate of drug-likeness (QED) is 0.593. The highest BCUT2D eigenvalue weighted by Gasteiger charge is 2.25. The van der Waals surface area contributed by atoms with Crippen LogP contribution in [0, 0.1) is 5.92 Å². The summed E-state index contributed by atoms with van der Waals surface area (Å²) in [5.41, 5.74) is 0. The van der Waals surface area contributed by atoms with Crippen LogP contribution < -0.4 is 0 Å². The number of rotatable bonds is 6. The molecule has 5 heteroatoms. The van der Waals surface area contributed by atoms with Crippen LogP contribution in [0.2, 0.25) is 0 Å². The summed E-state index contributed by atoms with van der Waals surface area (Å²) < 4.78 is 0. The number of nitrogens with zero attached hydrogens (tertiary/aromatic N) is 1. The minimum absolute atomic E-state index is 0.141. The summed E-state index contributed by atoms with van der Waals surface area (Å²) in [6.45, 7) is 3.78. The normalized spacial score (nSPS) is 12.2. The third-order valence-electron chi connectivity index (χ3n) is 1.92.